The molecule has 3 heteroatoms. The van der Waals surface area contributed by atoms with Crippen LogP contribution in [-0.2, 0) is 14.3 Å². The molecule has 3 fully saturated rings. The van der Waals surface area contributed by atoms with Gasteiger partial charge in [-0.3, -0.25) is 0 Å². The van der Waals surface area contributed by atoms with Crippen molar-refractivity contribution in [2.75, 3.05) is 13.2 Å². The van der Waals surface area contributed by atoms with Crippen LogP contribution in [0.4, 0.5) is 0 Å². The molecular formula is C15H22O3. The molecule has 18 heavy (non-hydrogen) atoms. The van der Waals surface area contributed by atoms with Crippen LogP contribution in [-0.4, -0.2) is 25.3 Å². The minimum Gasteiger partial charge on any atom is -0.460 e. The number of carbonyl (C=O) groups is 1. The first-order chi connectivity index (χ1) is 8.78. The monoisotopic (exact) mass is 250 g/mol. The molecule has 0 aromatic heterocycles. The van der Waals surface area contributed by atoms with Gasteiger partial charge >= 0.3 is 5.97 Å². The molecule has 0 spiro atoms. The fourth-order valence-corrected chi connectivity index (χ4v) is 4.23. The zero-order chi connectivity index (χ0) is 12.5. The third-order valence-corrected chi connectivity index (χ3v) is 5.18. The van der Waals surface area contributed by atoms with Crippen molar-refractivity contribution >= 4 is 5.97 Å². The van der Waals surface area contributed by atoms with E-state index < -0.39 is 0 Å². The number of ether oxygens (including phenoxy) is 2. The number of hydrogen-bond donors (Lipinski definition) is 0. The van der Waals surface area contributed by atoms with Gasteiger partial charge in [0.05, 0.1) is 12.7 Å². The molecule has 5 unspecified atom stereocenters. The van der Waals surface area contributed by atoms with E-state index in [1.54, 1.807) is 0 Å². The van der Waals surface area contributed by atoms with Crippen molar-refractivity contribution in [1.82, 2.24) is 0 Å². The van der Waals surface area contributed by atoms with Crippen molar-refractivity contribution < 1.29 is 14.3 Å². The Balaban J connectivity index is 1.41. The molecule has 3 aliphatic carbocycles. The number of fused-ring (bicyclic) bond motifs is 4. The summed E-state index contributed by atoms with van der Waals surface area (Å²) in [6, 6.07) is 0. The van der Waals surface area contributed by atoms with Crippen LogP contribution >= 0.6 is 0 Å². The summed E-state index contributed by atoms with van der Waals surface area (Å²) in [6.45, 7) is 4.25. The van der Waals surface area contributed by atoms with Gasteiger partial charge in [0, 0.05) is 6.08 Å². The van der Waals surface area contributed by atoms with Crippen molar-refractivity contribution in [3.63, 3.8) is 0 Å². The minimum atomic E-state index is -0.359. The lowest BCUT2D eigenvalue weighted by molar-refractivity contribution is -0.140. The van der Waals surface area contributed by atoms with Crippen molar-refractivity contribution in [3.8, 4) is 0 Å². The lowest BCUT2D eigenvalue weighted by Crippen LogP contribution is -2.36. The average molecular weight is 250 g/mol. The van der Waals surface area contributed by atoms with Crippen LogP contribution in [0.15, 0.2) is 12.7 Å². The summed E-state index contributed by atoms with van der Waals surface area (Å²) >= 11 is 0. The van der Waals surface area contributed by atoms with Gasteiger partial charge in [0.1, 0.15) is 6.61 Å². The molecule has 0 saturated heterocycles. The lowest BCUT2D eigenvalue weighted by Gasteiger charge is -2.44. The Labute approximate surface area is 109 Å². The second-order valence-corrected chi connectivity index (χ2v) is 6.01. The quantitative estimate of drug-likeness (QED) is 0.427. The third kappa shape index (κ3) is 2.20. The Morgan fingerprint density at radius 2 is 1.94 bits per heavy atom. The molecule has 0 amide bonds. The van der Waals surface area contributed by atoms with E-state index in [9.17, 15) is 4.79 Å². The highest BCUT2D eigenvalue weighted by molar-refractivity contribution is 5.81. The molecular weight excluding hydrogens is 228 g/mol. The van der Waals surface area contributed by atoms with Crippen molar-refractivity contribution in [1.29, 1.82) is 0 Å². The Hall–Kier alpha value is -0.830. The zero-order valence-corrected chi connectivity index (χ0v) is 10.8. The van der Waals surface area contributed by atoms with Crippen LogP contribution in [0.2, 0.25) is 0 Å². The molecule has 0 N–H and O–H groups in total. The second kappa shape index (κ2) is 5.04. The van der Waals surface area contributed by atoms with E-state index in [1.807, 2.05) is 0 Å². The molecule has 5 atom stereocenters. The van der Waals surface area contributed by atoms with E-state index in [0.717, 1.165) is 23.7 Å². The third-order valence-electron chi connectivity index (χ3n) is 5.18. The predicted octanol–water partition coefficient (Wildman–Crippen LogP) is 2.56. The molecule has 3 aliphatic rings. The first-order valence-electron chi connectivity index (χ1n) is 7.18. The maximum atomic E-state index is 10.9. The van der Waals surface area contributed by atoms with Crippen LogP contribution in [0.3, 0.4) is 0 Å². The Morgan fingerprint density at radius 3 is 2.67 bits per heavy atom. The van der Waals surface area contributed by atoms with E-state index in [4.69, 9.17) is 9.47 Å². The second-order valence-electron chi connectivity index (χ2n) is 6.01. The van der Waals surface area contributed by atoms with E-state index >= 15 is 0 Å². The lowest BCUT2D eigenvalue weighted by atomic mass is 9.61. The molecule has 3 nitrogen and oxygen atoms in total. The Kier molecular flexibility index (Phi) is 3.42. The topological polar surface area (TPSA) is 35.5 Å². The van der Waals surface area contributed by atoms with Gasteiger partial charge in [-0.15, -0.1) is 0 Å². The van der Waals surface area contributed by atoms with Gasteiger partial charge in [-0.1, -0.05) is 6.58 Å². The Bertz CT molecular complexity index is 339. The molecule has 0 heterocycles. The average Bonchev–Trinajstić information content (AvgIpc) is 2.68. The molecule has 3 rings (SSSR count). The summed E-state index contributed by atoms with van der Waals surface area (Å²) < 4.78 is 10.9. The van der Waals surface area contributed by atoms with E-state index in [-0.39, 0.29) is 5.97 Å². The molecule has 2 bridgehead atoms. The maximum absolute atomic E-state index is 10.9. The highest BCUT2D eigenvalue weighted by Gasteiger charge is 2.50. The fraction of sp³-hybridized carbons (Fsp3) is 0.800. The molecule has 3 saturated carbocycles. The van der Waals surface area contributed by atoms with Gasteiger partial charge in [0.25, 0.3) is 0 Å². The summed E-state index contributed by atoms with van der Waals surface area (Å²) in [5, 5.41) is 0. The first-order valence-corrected chi connectivity index (χ1v) is 7.18. The number of carbonyl (C=O) groups excluding carboxylic acids is 1. The number of esters is 1. The van der Waals surface area contributed by atoms with Gasteiger partial charge in [-0.25, -0.2) is 4.79 Å². The zero-order valence-electron chi connectivity index (χ0n) is 10.8. The summed E-state index contributed by atoms with van der Waals surface area (Å²) in [6.07, 6.45) is 8.49. The van der Waals surface area contributed by atoms with Gasteiger partial charge < -0.3 is 9.47 Å². The van der Waals surface area contributed by atoms with Crippen molar-refractivity contribution in [2.45, 2.75) is 38.2 Å². The van der Waals surface area contributed by atoms with Gasteiger partial charge in [-0.05, 0) is 55.8 Å². The highest BCUT2D eigenvalue weighted by atomic mass is 16.6. The van der Waals surface area contributed by atoms with E-state index in [0.29, 0.717) is 19.3 Å². The highest BCUT2D eigenvalue weighted by Crippen LogP contribution is 2.57. The van der Waals surface area contributed by atoms with Gasteiger partial charge in [0.15, 0.2) is 0 Å². The maximum Gasteiger partial charge on any atom is 0.330 e. The number of rotatable bonds is 5. The normalized spacial score (nSPS) is 40.8. The summed E-state index contributed by atoms with van der Waals surface area (Å²) in [5.41, 5.74) is 0. The minimum absolute atomic E-state index is 0.353. The smallest absolute Gasteiger partial charge is 0.330 e. The Morgan fingerprint density at radius 1 is 1.11 bits per heavy atom. The van der Waals surface area contributed by atoms with Gasteiger partial charge in [-0.2, -0.15) is 0 Å². The van der Waals surface area contributed by atoms with Crippen molar-refractivity contribution in [2.24, 2.45) is 23.7 Å². The SMILES string of the molecule is C=CC(=O)OCCOC1CC2CC1CC1CCC12. The molecule has 0 radical (unpaired) electrons. The largest absolute Gasteiger partial charge is 0.460 e. The number of hydrogen-bond acceptors (Lipinski definition) is 3. The molecule has 100 valence electrons. The van der Waals surface area contributed by atoms with Crippen LogP contribution < -0.4 is 0 Å². The predicted molar refractivity (Wildman–Crippen MR) is 67.9 cm³/mol. The molecule has 0 aromatic rings. The van der Waals surface area contributed by atoms with Crippen molar-refractivity contribution in [3.05, 3.63) is 12.7 Å². The fourth-order valence-electron chi connectivity index (χ4n) is 4.23. The standard InChI is InChI=1S/C15H22O3/c1-2-15(16)18-6-5-17-14-9-11-8-12(14)7-10-3-4-13(10)11/h2,10-14H,1,3-9H2. The summed E-state index contributed by atoms with van der Waals surface area (Å²) in [7, 11) is 0. The summed E-state index contributed by atoms with van der Waals surface area (Å²) in [4.78, 5) is 10.9. The summed E-state index contributed by atoms with van der Waals surface area (Å²) in [5.74, 6) is 3.34. The van der Waals surface area contributed by atoms with Crippen LogP contribution in [0.1, 0.15) is 32.1 Å². The van der Waals surface area contributed by atoms with Gasteiger partial charge in [0.2, 0.25) is 0 Å². The van der Waals surface area contributed by atoms with E-state index in [2.05, 4.69) is 6.58 Å². The van der Waals surface area contributed by atoms with E-state index in [1.165, 1.54) is 38.2 Å². The first kappa shape index (κ1) is 12.2. The van der Waals surface area contributed by atoms with Crippen LogP contribution in [0, 0.1) is 23.7 Å². The van der Waals surface area contributed by atoms with Crippen LogP contribution in [0.5, 0.6) is 0 Å². The molecule has 0 aromatic carbocycles. The van der Waals surface area contributed by atoms with Crippen LogP contribution in [0.25, 0.3) is 0 Å². The molecule has 0 aliphatic heterocycles.